The molecule has 0 aliphatic heterocycles. The lowest BCUT2D eigenvalue weighted by Gasteiger charge is -2.11. The number of H-pyrrole nitrogens is 1. The summed E-state index contributed by atoms with van der Waals surface area (Å²) in [7, 11) is 1.26. The Labute approximate surface area is 131 Å². The van der Waals surface area contributed by atoms with E-state index in [2.05, 4.69) is 15.2 Å². The predicted molar refractivity (Wildman–Crippen MR) is 81.6 cm³/mol. The summed E-state index contributed by atoms with van der Waals surface area (Å²) in [6, 6.07) is 9.21. The van der Waals surface area contributed by atoms with Crippen LogP contribution in [-0.4, -0.2) is 32.8 Å². The molecule has 1 aromatic carbocycles. The zero-order chi connectivity index (χ0) is 16.4. The van der Waals surface area contributed by atoms with Crippen LogP contribution in [0.2, 0.25) is 0 Å². The van der Waals surface area contributed by atoms with Crippen LogP contribution in [0.5, 0.6) is 0 Å². The fraction of sp³-hybridized carbons (Fsp3) is 0.0667. The van der Waals surface area contributed by atoms with Crippen molar-refractivity contribution in [3.8, 4) is 23.1 Å². The van der Waals surface area contributed by atoms with E-state index in [1.165, 1.54) is 24.2 Å². The van der Waals surface area contributed by atoms with Gasteiger partial charge >= 0.3 is 5.97 Å². The summed E-state index contributed by atoms with van der Waals surface area (Å²) in [5.74, 6) is -0.0985. The van der Waals surface area contributed by atoms with Crippen molar-refractivity contribution >= 4 is 11.7 Å². The van der Waals surface area contributed by atoms with E-state index in [9.17, 15) is 10.1 Å². The number of anilines is 1. The van der Waals surface area contributed by atoms with E-state index in [1.54, 1.807) is 12.1 Å². The molecule has 3 aromatic rings. The highest BCUT2D eigenvalue weighted by Gasteiger charge is 2.23. The number of nitrogens with two attached hydrogens (primary N) is 1. The van der Waals surface area contributed by atoms with Gasteiger partial charge in [0, 0.05) is 11.8 Å². The zero-order valence-corrected chi connectivity index (χ0v) is 12.1. The van der Waals surface area contributed by atoms with Gasteiger partial charge in [-0.05, 0) is 12.1 Å². The molecule has 0 radical (unpaired) electrons. The molecule has 0 amide bonds. The van der Waals surface area contributed by atoms with Gasteiger partial charge in [-0.15, -0.1) is 0 Å². The van der Waals surface area contributed by atoms with Gasteiger partial charge in [0.05, 0.1) is 24.0 Å². The van der Waals surface area contributed by atoms with Gasteiger partial charge in [0.15, 0.2) is 11.5 Å². The number of benzene rings is 1. The fourth-order valence-corrected chi connectivity index (χ4v) is 2.32. The van der Waals surface area contributed by atoms with E-state index in [4.69, 9.17) is 10.5 Å². The molecular formula is C15H12N6O2. The Hall–Kier alpha value is -3.60. The van der Waals surface area contributed by atoms with Crippen LogP contribution in [0.15, 0.2) is 36.8 Å². The van der Waals surface area contributed by atoms with Gasteiger partial charge in [-0.1, -0.05) is 12.1 Å². The van der Waals surface area contributed by atoms with Crippen LogP contribution in [-0.2, 0) is 4.74 Å². The van der Waals surface area contributed by atoms with Gasteiger partial charge in [-0.2, -0.15) is 10.4 Å². The Morgan fingerprint density at radius 1 is 1.43 bits per heavy atom. The second-order valence-corrected chi connectivity index (χ2v) is 4.63. The summed E-state index contributed by atoms with van der Waals surface area (Å²) in [5.41, 5.74) is 7.61. The monoisotopic (exact) mass is 308 g/mol. The van der Waals surface area contributed by atoms with E-state index in [1.807, 2.05) is 18.2 Å². The smallest absolute Gasteiger partial charge is 0.357 e. The minimum atomic E-state index is -0.628. The van der Waals surface area contributed by atoms with E-state index < -0.39 is 5.97 Å². The van der Waals surface area contributed by atoms with Crippen molar-refractivity contribution in [1.82, 2.24) is 19.7 Å². The average Bonchev–Trinajstić information content (AvgIpc) is 3.22. The lowest BCUT2D eigenvalue weighted by atomic mass is 10.1. The first kappa shape index (κ1) is 14.3. The standard InChI is InChI=1S/C15H12N6O2/c1-23-15(22)13-12(17)9(6-16)7-21(13)11-5-3-2-4-10(11)14-18-8-19-20-14/h2-5,7-8H,17H2,1H3,(H,18,19,20). The third-order valence-electron chi connectivity index (χ3n) is 3.38. The van der Waals surface area contributed by atoms with Crippen LogP contribution in [0.1, 0.15) is 16.1 Å². The molecule has 3 rings (SSSR count). The van der Waals surface area contributed by atoms with Crippen molar-refractivity contribution in [3.63, 3.8) is 0 Å². The van der Waals surface area contributed by atoms with Crippen LogP contribution < -0.4 is 5.73 Å². The lowest BCUT2D eigenvalue weighted by molar-refractivity contribution is 0.0593. The van der Waals surface area contributed by atoms with Crippen LogP contribution in [0.3, 0.4) is 0 Å². The summed E-state index contributed by atoms with van der Waals surface area (Å²) >= 11 is 0. The molecule has 0 atom stereocenters. The normalized spacial score (nSPS) is 10.3. The third kappa shape index (κ3) is 2.30. The first-order valence-corrected chi connectivity index (χ1v) is 6.61. The Kier molecular flexibility index (Phi) is 3.52. The highest BCUT2D eigenvalue weighted by atomic mass is 16.5. The SMILES string of the molecule is COC(=O)c1c(N)c(C#N)cn1-c1ccccc1-c1ncn[nH]1. The maximum Gasteiger partial charge on any atom is 0.357 e. The van der Waals surface area contributed by atoms with E-state index in [-0.39, 0.29) is 16.9 Å². The average molecular weight is 308 g/mol. The van der Waals surface area contributed by atoms with Crippen molar-refractivity contribution in [1.29, 1.82) is 5.26 Å². The molecular weight excluding hydrogens is 296 g/mol. The van der Waals surface area contributed by atoms with Crippen LogP contribution in [0.25, 0.3) is 17.1 Å². The highest BCUT2D eigenvalue weighted by molar-refractivity contribution is 5.96. The minimum Gasteiger partial charge on any atom is -0.464 e. The summed E-state index contributed by atoms with van der Waals surface area (Å²) in [6.07, 6.45) is 2.88. The number of para-hydroxylation sites is 1. The number of nitrogens with one attached hydrogen (secondary N) is 1. The van der Waals surface area contributed by atoms with Crippen molar-refractivity contribution in [2.45, 2.75) is 0 Å². The van der Waals surface area contributed by atoms with Gasteiger partial charge in [-0.25, -0.2) is 9.78 Å². The zero-order valence-electron chi connectivity index (χ0n) is 12.1. The molecule has 2 aromatic heterocycles. The second-order valence-electron chi connectivity index (χ2n) is 4.63. The molecule has 0 saturated carbocycles. The predicted octanol–water partition coefficient (Wildman–Crippen LogP) is 1.50. The molecule has 0 unspecified atom stereocenters. The molecule has 23 heavy (non-hydrogen) atoms. The van der Waals surface area contributed by atoms with Crippen LogP contribution >= 0.6 is 0 Å². The quantitative estimate of drug-likeness (QED) is 0.707. The Morgan fingerprint density at radius 3 is 2.87 bits per heavy atom. The number of aromatic amines is 1. The van der Waals surface area contributed by atoms with Crippen molar-refractivity contribution in [3.05, 3.63) is 48.0 Å². The Bertz CT molecular complexity index is 905. The van der Waals surface area contributed by atoms with Gasteiger partial charge < -0.3 is 15.0 Å². The minimum absolute atomic E-state index is 0.0757. The number of esters is 1. The highest BCUT2D eigenvalue weighted by Crippen LogP contribution is 2.29. The maximum atomic E-state index is 12.1. The number of rotatable bonds is 3. The molecule has 8 heteroatoms. The molecule has 2 heterocycles. The molecule has 0 aliphatic carbocycles. The number of hydrogen-bond acceptors (Lipinski definition) is 6. The number of ether oxygens (including phenoxy) is 1. The van der Waals surface area contributed by atoms with Crippen LogP contribution in [0.4, 0.5) is 5.69 Å². The summed E-state index contributed by atoms with van der Waals surface area (Å²) in [4.78, 5) is 16.2. The Balaban J connectivity index is 2.29. The first-order chi connectivity index (χ1) is 11.2. The fourth-order valence-electron chi connectivity index (χ4n) is 2.32. The van der Waals surface area contributed by atoms with Crippen molar-refractivity contribution < 1.29 is 9.53 Å². The largest absolute Gasteiger partial charge is 0.464 e. The van der Waals surface area contributed by atoms with Gasteiger partial charge in [-0.3, -0.25) is 5.10 Å². The van der Waals surface area contributed by atoms with Crippen molar-refractivity contribution in [2.75, 3.05) is 12.8 Å². The first-order valence-electron chi connectivity index (χ1n) is 6.61. The number of carbonyl (C=O) groups excluding carboxylic acids is 1. The third-order valence-corrected chi connectivity index (χ3v) is 3.38. The molecule has 0 spiro atoms. The molecule has 0 aliphatic rings. The van der Waals surface area contributed by atoms with Gasteiger partial charge in [0.1, 0.15) is 12.4 Å². The summed E-state index contributed by atoms with van der Waals surface area (Å²) in [5, 5.41) is 15.8. The van der Waals surface area contributed by atoms with Gasteiger partial charge in [0.25, 0.3) is 0 Å². The van der Waals surface area contributed by atoms with Crippen LogP contribution in [0, 0.1) is 11.3 Å². The number of hydrogen-bond donors (Lipinski definition) is 2. The molecule has 0 saturated heterocycles. The summed E-state index contributed by atoms with van der Waals surface area (Å²) < 4.78 is 6.31. The number of nitrogens with zero attached hydrogens (tertiary/aromatic N) is 4. The summed E-state index contributed by atoms with van der Waals surface area (Å²) in [6.45, 7) is 0. The number of nitriles is 1. The second kappa shape index (κ2) is 5.65. The number of nitrogen functional groups attached to an aromatic ring is 1. The molecule has 114 valence electrons. The van der Waals surface area contributed by atoms with E-state index >= 15 is 0 Å². The Morgan fingerprint density at radius 2 is 2.22 bits per heavy atom. The topological polar surface area (TPSA) is 123 Å². The molecule has 0 fully saturated rings. The number of aromatic nitrogens is 4. The number of carbonyl (C=O) groups is 1. The molecule has 3 N–H and O–H groups in total. The number of methoxy groups -OCH3 is 1. The molecule has 8 nitrogen and oxygen atoms in total. The molecule has 0 bridgehead atoms. The van der Waals surface area contributed by atoms with E-state index in [0.29, 0.717) is 17.1 Å². The van der Waals surface area contributed by atoms with E-state index in [0.717, 1.165) is 0 Å². The lowest BCUT2D eigenvalue weighted by Crippen LogP contribution is -2.11. The maximum absolute atomic E-state index is 12.1. The van der Waals surface area contributed by atoms with Gasteiger partial charge in [0.2, 0.25) is 0 Å². The van der Waals surface area contributed by atoms with Crippen molar-refractivity contribution in [2.24, 2.45) is 0 Å².